The first-order valence-corrected chi connectivity index (χ1v) is 7.00. The molecule has 1 saturated carbocycles. The van der Waals surface area contributed by atoms with Crippen LogP contribution in [0.2, 0.25) is 0 Å². The van der Waals surface area contributed by atoms with E-state index in [1.165, 1.54) is 43.4 Å². The molecule has 1 aliphatic rings. The Morgan fingerprint density at radius 1 is 1.40 bits per heavy atom. The van der Waals surface area contributed by atoms with Crippen molar-refractivity contribution in [3.63, 3.8) is 0 Å². The summed E-state index contributed by atoms with van der Waals surface area (Å²) in [6, 6.07) is 4.39. The van der Waals surface area contributed by atoms with Gasteiger partial charge in [-0.15, -0.1) is 11.3 Å². The molecular weight excluding hydrogens is 202 g/mol. The molecule has 2 heteroatoms. The van der Waals surface area contributed by atoms with Gasteiger partial charge in [0.15, 0.2) is 0 Å². The largest absolute Gasteiger partial charge is 0.330 e. The molecule has 2 N–H and O–H groups in total. The molecular formula is C13H21NS. The highest BCUT2D eigenvalue weighted by Gasteiger charge is 2.23. The van der Waals surface area contributed by atoms with Crippen LogP contribution >= 0.6 is 11.3 Å². The van der Waals surface area contributed by atoms with Gasteiger partial charge in [-0.25, -0.2) is 0 Å². The van der Waals surface area contributed by atoms with Crippen LogP contribution in [-0.2, 0) is 6.42 Å². The summed E-state index contributed by atoms with van der Waals surface area (Å²) in [5.41, 5.74) is 5.90. The third kappa shape index (κ3) is 3.05. The van der Waals surface area contributed by atoms with Crippen LogP contribution in [0.5, 0.6) is 0 Å². The van der Waals surface area contributed by atoms with E-state index in [2.05, 4.69) is 17.5 Å². The van der Waals surface area contributed by atoms with Crippen molar-refractivity contribution in [3.05, 3.63) is 22.4 Å². The fourth-order valence-electron chi connectivity index (χ4n) is 2.76. The van der Waals surface area contributed by atoms with Crippen LogP contribution in [0.4, 0.5) is 0 Å². The Balaban J connectivity index is 1.80. The van der Waals surface area contributed by atoms with E-state index in [1.807, 2.05) is 11.3 Å². The molecule has 84 valence electrons. The fraction of sp³-hybridized carbons (Fsp3) is 0.692. The van der Waals surface area contributed by atoms with Crippen molar-refractivity contribution in [1.82, 2.24) is 0 Å². The van der Waals surface area contributed by atoms with Gasteiger partial charge < -0.3 is 5.73 Å². The molecule has 1 heterocycles. The highest BCUT2D eigenvalue weighted by atomic mass is 32.1. The molecule has 1 unspecified atom stereocenters. The first-order chi connectivity index (χ1) is 7.40. The van der Waals surface area contributed by atoms with Gasteiger partial charge in [0.05, 0.1) is 0 Å². The van der Waals surface area contributed by atoms with Gasteiger partial charge in [-0.2, -0.15) is 0 Å². The lowest BCUT2D eigenvalue weighted by atomic mass is 9.87. The van der Waals surface area contributed by atoms with Gasteiger partial charge in [0.1, 0.15) is 0 Å². The first-order valence-electron chi connectivity index (χ1n) is 6.12. The maximum Gasteiger partial charge on any atom is 0.00453 e. The number of thiophene rings is 1. The van der Waals surface area contributed by atoms with Crippen LogP contribution in [0.3, 0.4) is 0 Å². The number of rotatable bonds is 5. The van der Waals surface area contributed by atoms with Crippen LogP contribution in [0, 0.1) is 11.8 Å². The lowest BCUT2D eigenvalue weighted by Gasteiger charge is -2.21. The van der Waals surface area contributed by atoms with Crippen LogP contribution < -0.4 is 5.73 Å². The molecule has 1 fully saturated rings. The van der Waals surface area contributed by atoms with Gasteiger partial charge in [0, 0.05) is 4.88 Å². The predicted molar refractivity (Wildman–Crippen MR) is 67.1 cm³/mol. The highest BCUT2D eigenvalue weighted by molar-refractivity contribution is 7.09. The molecule has 15 heavy (non-hydrogen) atoms. The van der Waals surface area contributed by atoms with E-state index in [-0.39, 0.29) is 0 Å². The summed E-state index contributed by atoms with van der Waals surface area (Å²) in [6.07, 6.45) is 8.23. The molecule has 1 nitrogen and oxygen atoms in total. The van der Waals surface area contributed by atoms with Crippen LogP contribution in [-0.4, -0.2) is 6.54 Å². The molecule has 0 radical (unpaired) electrons. The SMILES string of the molecule is NCC(CCc1cccs1)C1CCCC1. The van der Waals surface area contributed by atoms with Gasteiger partial charge in [0.25, 0.3) is 0 Å². The fourth-order valence-corrected chi connectivity index (χ4v) is 3.48. The average Bonchev–Trinajstić information content (AvgIpc) is 2.90. The van der Waals surface area contributed by atoms with Crippen molar-refractivity contribution in [2.24, 2.45) is 17.6 Å². The molecule has 1 aromatic heterocycles. The van der Waals surface area contributed by atoms with E-state index in [0.717, 1.165) is 18.4 Å². The normalized spacial score (nSPS) is 19.5. The van der Waals surface area contributed by atoms with E-state index in [1.54, 1.807) is 0 Å². The van der Waals surface area contributed by atoms with Gasteiger partial charge in [-0.3, -0.25) is 0 Å². The molecule has 1 atom stereocenters. The second kappa shape index (κ2) is 5.66. The van der Waals surface area contributed by atoms with Crippen molar-refractivity contribution in [2.75, 3.05) is 6.54 Å². The Labute approximate surface area is 96.7 Å². The van der Waals surface area contributed by atoms with Gasteiger partial charge in [0.2, 0.25) is 0 Å². The van der Waals surface area contributed by atoms with Crippen LogP contribution in [0.15, 0.2) is 17.5 Å². The summed E-state index contributed by atoms with van der Waals surface area (Å²) in [6.45, 7) is 0.885. The van der Waals surface area contributed by atoms with Crippen molar-refractivity contribution >= 4 is 11.3 Å². The standard InChI is InChI=1S/C13H21NS/c14-10-12(11-4-1-2-5-11)7-8-13-6-3-9-15-13/h3,6,9,11-12H,1-2,4-5,7-8,10,14H2. The van der Waals surface area contributed by atoms with Crippen molar-refractivity contribution in [2.45, 2.75) is 38.5 Å². The van der Waals surface area contributed by atoms with Crippen molar-refractivity contribution in [3.8, 4) is 0 Å². The van der Waals surface area contributed by atoms with E-state index >= 15 is 0 Å². The molecule has 0 saturated heterocycles. The summed E-state index contributed by atoms with van der Waals surface area (Å²) in [5, 5.41) is 2.17. The zero-order valence-electron chi connectivity index (χ0n) is 9.32. The van der Waals surface area contributed by atoms with E-state index in [0.29, 0.717) is 0 Å². The van der Waals surface area contributed by atoms with Gasteiger partial charge in [-0.1, -0.05) is 31.7 Å². The van der Waals surface area contributed by atoms with Crippen LogP contribution in [0.25, 0.3) is 0 Å². The molecule has 2 rings (SSSR count). The number of hydrogen-bond donors (Lipinski definition) is 1. The second-order valence-corrected chi connectivity index (χ2v) is 5.69. The predicted octanol–water partition coefficient (Wildman–Crippen LogP) is 3.45. The minimum atomic E-state index is 0.773. The van der Waals surface area contributed by atoms with E-state index in [4.69, 9.17) is 5.73 Å². The monoisotopic (exact) mass is 223 g/mol. The minimum Gasteiger partial charge on any atom is -0.330 e. The van der Waals surface area contributed by atoms with Crippen molar-refractivity contribution < 1.29 is 0 Å². The van der Waals surface area contributed by atoms with Crippen molar-refractivity contribution in [1.29, 1.82) is 0 Å². The summed E-state index contributed by atoms with van der Waals surface area (Å²) in [4.78, 5) is 1.52. The van der Waals surface area contributed by atoms with E-state index < -0.39 is 0 Å². The number of aryl methyl sites for hydroxylation is 1. The van der Waals surface area contributed by atoms with Crippen LogP contribution in [0.1, 0.15) is 37.0 Å². The lowest BCUT2D eigenvalue weighted by molar-refractivity contribution is 0.327. The minimum absolute atomic E-state index is 0.773. The summed E-state index contributed by atoms with van der Waals surface area (Å²) in [7, 11) is 0. The molecule has 1 aliphatic carbocycles. The Hall–Kier alpha value is -0.340. The molecule has 1 aromatic rings. The average molecular weight is 223 g/mol. The lowest BCUT2D eigenvalue weighted by Crippen LogP contribution is -2.22. The quantitative estimate of drug-likeness (QED) is 0.813. The molecule has 0 aliphatic heterocycles. The van der Waals surface area contributed by atoms with E-state index in [9.17, 15) is 0 Å². The summed E-state index contributed by atoms with van der Waals surface area (Å²) in [5.74, 6) is 1.70. The molecule has 0 aromatic carbocycles. The summed E-state index contributed by atoms with van der Waals surface area (Å²) >= 11 is 1.88. The molecule has 0 amide bonds. The molecule has 0 bridgehead atoms. The zero-order valence-corrected chi connectivity index (χ0v) is 10.1. The topological polar surface area (TPSA) is 26.0 Å². The van der Waals surface area contributed by atoms with Gasteiger partial charge in [-0.05, 0) is 42.7 Å². The third-order valence-corrected chi connectivity index (χ3v) is 4.65. The Morgan fingerprint density at radius 2 is 2.20 bits per heavy atom. The van der Waals surface area contributed by atoms with Gasteiger partial charge >= 0.3 is 0 Å². The second-order valence-electron chi connectivity index (χ2n) is 4.66. The smallest absolute Gasteiger partial charge is 0.00453 e. The zero-order chi connectivity index (χ0) is 10.5. The highest BCUT2D eigenvalue weighted by Crippen LogP contribution is 2.33. The Morgan fingerprint density at radius 3 is 2.80 bits per heavy atom. The number of nitrogens with two attached hydrogens (primary N) is 1. The number of hydrogen-bond acceptors (Lipinski definition) is 2. The Kier molecular flexibility index (Phi) is 4.21. The molecule has 0 spiro atoms. The third-order valence-electron chi connectivity index (χ3n) is 3.71. The maximum atomic E-state index is 5.90. The maximum absolute atomic E-state index is 5.90. The first kappa shape index (κ1) is 11.2. The Bertz CT molecular complexity index is 262. The summed E-state index contributed by atoms with van der Waals surface area (Å²) < 4.78 is 0.